The SMILES string of the molecule is CC(C)NC(CCCNC(=O)OCc1ccccc1)C(=O)OCc1ccccc1. The molecular formula is C23H30N2O4. The molecular weight excluding hydrogens is 368 g/mol. The number of alkyl carbamates (subject to hydrolysis) is 1. The van der Waals surface area contributed by atoms with Crippen molar-refractivity contribution in [3.8, 4) is 0 Å². The summed E-state index contributed by atoms with van der Waals surface area (Å²) in [7, 11) is 0. The zero-order chi connectivity index (χ0) is 20.9. The molecule has 0 aliphatic rings. The number of amides is 1. The Hall–Kier alpha value is -2.86. The molecule has 6 nitrogen and oxygen atoms in total. The monoisotopic (exact) mass is 398 g/mol. The van der Waals surface area contributed by atoms with Crippen LogP contribution in [0.25, 0.3) is 0 Å². The number of benzene rings is 2. The number of esters is 1. The first-order valence-corrected chi connectivity index (χ1v) is 9.95. The Bertz CT molecular complexity index is 735. The minimum atomic E-state index is -0.464. The summed E-state index contributed by atoms with van der Waals surface area (Å²) in [5.41, 5.74) is 1.89. The molecule has 0 bridgehead atoms. The van der Waals surface area contributed by atoms with Crippen LogP contribution >= 0.6 is 0 Å². The molecule has 2 aromatic carbocycles. The van der Waals surface area contributed by atoms with Crippen molar-refractivity contribution in [2.75, 3.05) is 6.54 Å². The molecule has 0 fully saturated rings. The first kappa shape index (κ1) is 22.4. The minimum absolute atomic E-state index is 0.146. The first-order chi connectivity index (χ1) is 14.0. The molecule has 1 amide bonds. The van der Waals surface area contributed by atoms with Gasteiger partial charge in [-0.25, -0.2) is 4.79 Å². The molecule has 29 heavy (non-hydrogen) atoms. The fraction of sp³-hybridized carbons (Fsp3) is 0.391. The van der Waals surface area contributed by atoms with Crippen molar-refractivity contribution in [2.24, 2.45) is 0 Å². The van der Waals surface area contributed by atoms with Gasteiger partial charge in [0.05, 0.1) is 0 Å². The van der Waals surface area contributed by atoms with Crippen LogP contribution in [0.5, 0.6) is 0 Å². The van der Waals surface area contributed by atoms with E-state index >= 15 is 0 Å². The average molecular weight is 399 g/mol. The van der Waals surface area contributed by atoms with Crippen LogP contribution in [-0.2, 0) is 27.5 Å². The average Bonchev–Trinajstić information content (AvgIpc) is 2.74. The zero-order valence-corrected chi connectivity index (χ0v) is 17.1. The van der Waals surface area contributed by atoms with Gasteiger partial charge in [0.1, 0.15) is 19.3 Å². The summed E-state index contributed by atoms with van der Waals surface area (Å²) < 4.78 is 10.6. The summed E-state index contributed by atoms with van der Waals surface area (Å²) >= 11 is 0. The van der Waals surface area contributed by atoms with E-state index in [9.17, 15) is 9.59 Å². The van der Waals surface area contributed by atoms with Crippen LogP contribution in [0.3, 0.4) is 0 Å². The third kappa shape index (κ3) is 9.25. The van der Waals surface area contributed by atoms with Crippen molar-refractivity contribution in [3.05, 3.63) is 71.8 Å². The predicted molar refractivity (Wildman–Crippen MR) is 112 cm³/mol. The van der Waals surface area contributed by atoms with Gasteiger partial charge in [0.25, 0.3) is 0 Å². The lowest BCUT2D eigenvalue weighted by Crippen LogP contribution is -2.42. The molecule has 0 saturated carbocycles. The lowest BCUT2D eigenvalue weighted by Gasteiger charge is -2.20. The highest BCUT2D eigenvalue weighted by molar-refractivity contribution is 5.75. The van der Waals surface area contributed by atoms with Gasteiger partial charge < -0.3 is 20.1 Å². The maximum absolute atomic E-state index is 12.4. The van der Waals surface area contributed by atoms with Gasteiger partial charge in [0, 0.05) is 12.6 Å². The zero-order valence-electron chi connectivity index (χ0n) is 17.1. The van der Waals surface area contributed by atoms with E-state index in [0.717, 1.165) is 11.1 Å². The van der Waals surface area contributed by atoms with E-state index in [-0.39, 0.29) is 25.2 Å². The topological polar surface area (TPSA) is 76.7 Å². The third-order valence-electron chi connectivity index (χ3n) is 4.19. The van der Waals surface area contributed by atoms with Crippen LogP contribution in [0.15, 0.2) is 60.7 Å². The van der Waals surface area contributed by atoms with Crippen molar-refractivity contribution in [1.82, 2.24) is 10.6 Å². The van der Waals surface area contributed by atoms with Crippen LogP contribution in [0.1, 0.15) is 37.8 Å². The van der Waals surface area contributed by atoms with E-state index in [4.69, 9.17) is 9.47 Å². The molecule has 0 radical (unpaired) electrons. The van der Waals surface area contributed by atoms with Crippen LogP contribution in [0.4, 0.5) is 4.79 Å². The lowest BCUT2D eigenvalue weighted by atomic mass is 10.1. The Labute approximate surface area is 172 Å². The van der Waals surface area contributed by atoms with Crippen LogP contribution in [0.2, 0.25) is 0 Å². The molecule has 0 heterocycles. The third-order valence-corrected chi connectivity index (χ3v) is 4.19. The van der Waals surface area contributed by atoms with E-state index in [0.29, 0.717) is 19.4 Å². The second-order valence-electron chi connectivity index (χ2n) is 7.10. The fourth-order valence-corrected chi connectivity index (χ4v) is 2.77. The van der Waals surface area contributed by atoms with Gasteiger partial charge in [-0.2, -0.15) is 0 Å². The fourth-order valence-electron chi connectivity index (χ4n) is 2.77. The molecule has 156 valence electrons. The molecule has 2 aromatic rings. The molecule has 6 heteroatoms. The Morgan fingerprint density at radius 2 is 1.41 bits per heavy atom. The molecule has 1 unspecified atom stereocenters. The van der Waals surface area contributed by atoms with Crippen molar-refractivity contribution in [1.29, 1.82) is 0 Å². The van der Waals surface area contributed by atoms with Crippen molar-refractivity contribution >= 4 is 12.1 Å². The van der Waals surface area contributed by atoms with Crippen LogP contribution in [0, 0.1) is 0 Å². The summed E-state index contributed by atoms with van der Waals surface area (Å²) in [5.74, 6) is -0.283. The Kier molecular flexibility index (Phi) is 9.72. The van der Waals surface area contributed by atoms with E-state index < -0.39 is 12.1 Å². The smallest absolute Gasteiger partial charge is 0.407 e. The van der Waals surface area contributed by atoms with Gasteiger partial charge in [-0.3, -0.25) is 4.79 Å². The quantitative estimate of drug-likeness (QED) is 0.445. The van der Waals surface area contributed by atoms with Crippen molar-refractivity contribution in [2.45, 2.75) is 52.0 Å². The van der Waals surface area contributed by atoms with Crippen molar-refractivity contribution < 1.29 is 19.1 Å². The van der Waals surface area contributed by atoms with Gasteiger partial charge in [-0.15, -0.1) is 0 Å². The standard InChI is InChI=1S/C23H30N2O4/c1-18(2)25-21(22(26)28-16-19-10-5-3-6-11-19)14-9-15-24-23(27)29-17-20-12-7-4-8-13-20/h3-8,10-13,18,21,25H,9,14-17H2,1-2H3,(H,24,27). The normalized spacial score (nSPS) is 11.7. The van der Waals surface area contributed by atoms with Gasteiger partial charge in [-0.05, 0) is 24.0 Å². The number of carbonyl (C=O) groups excluding carboxylic acids is 2. The molecule has 0 spiro atoms. The Morgan fingerprint density at radius 1 is 0.862 bits per heavy atom. The Morgan fingerprint density at radius 3 is 1.97 bits per heavy atom. The molecule has 2 N–H and O–H groups in total. The van der Waals surface area contributed by atoms with Gasteiger partial charge in [-0.1, -0.05) is 74.5 Å². The highest BCUT2D eigenvalue weighted by Crippen LogP contribution is 2.06. The maximum Gasteiger partial charge on any atom is 0.407 e. The summed E-state index contributed by atoms with van der Waals surface area (Å²) in [6, 6.07) is 18.8. The van der Waals surface area contributed by atoms with Gasteiger partial charge in [0.2, 0.25) is 0 Å². The molecule has 0 aliphatic heterocycles. The molecule has 2 rings (SSSR count). The van der Waals surface area contributed by atoms with Crippen LogP contribution < -0.4 is 10.6 Å². The van der Waals surface area contributed by atoms with E-state index in [2.05, 4.69) is 10.6 Å². The van der Waals surface area contributed by atoms with Crippen LogP contribution in [-0.4, -0.2) is 30.7 Å². The van der Waals surface area contributed by atoms with Gasteiger partial charge in [0.15, 0.2) is 0 Å². The second kappa shape index (κ2) is 12.6. The van der Waals surface area contributed by atoms with Crippen molar-refractivity contribution in [3.63, 3.8) is 0 Å². The number of ether oxygens (including phenoxy) is 2. The molecule has 0 saturated heterocycles. The second-order valence-corrected chi connectivity index (χ2v) is 7.10. The number of hydrogen-bond donors (Lipinski definition) is 2. The lowest BCUT2D eigenvalue weighted by molar-refractivity contribution is -0.148. The largest absolute Gasteiger partial charge is 0.460 e. The van der Waals surface area contributed by atoms with Gasteiger partial charge >= 0.3 is 12.1 Å². The highest BCUT2D eigenvalue weighted by Gasteiger charge is 2.20. The summed E-state index contributed by atoms with van der Waals surface area (Å²) in [6.07, 6.45) is 0.727. The van der Waals surface area contributed by atoms with E-state index in [1.807, 2.05) is 74.5 Å². The highest BCUT2D eigenvalue weighted by atomic mass is 16.5. The Balaban J connectivity index is 1.69. The number of hydrogen-bond acceptors (Lipinski definition) is 5. The van der Waals surface area contributed by atoms with E-state index in [1.54, 1.807) is 0 Å². The summed E-state index contributed by atoms with van der Waals surface area (Å²) in [4.78, 5) is 24.2. The minimum Gasteiger partial charge on any atom is -0.460 e. The number of rotatable bonds is 11. The summed E-state index contributed by atoms with van der Waals surface area (Å²) in [5, 5.41) is 5.95. The maximum atomic E-state index is 12.4. The first-order valence-electron chi connectivity index (χ1n) is 9.95. The molecule has 1 atom stereocenters. The predicted octanol–water partition coefficient (Wildman–Crippen LogP) is 3.80. The summed E-state index contributed by atoms with van der Waals surface area (Å²) in [6.45, 7) is 4.87. The number of carbonyl (C=O) groups is 2. The number of nitrogens with one attached hydrogen (secondary N) is 2. The molecule has 0 aromatic heterocycles. The molecule has 0 aliphatic carbocycles. The van der Waals surface area contributed by atoms with E-state index in [1.165, 1.54) is 0 Å².